The first-order valence-electron chi connectivity index (χ1n) is 11.3. The van der Waals surface area contributed by atoms with Crippen LogP contribution in [0.5, 0.6) is 5.75 Å². The highest BCUT2D eigenvalue weighted by Crippen LogP contribution is 2.32. The molecule has 1 aliphatic rings. The number of aromatic nitrogens is 1. The quantitative estimate of drug-likeness (QED) is 0.403. The van der Waals surface area contributed by atoms with Gasteiger partial charge < -0.3 is 14.5 Å². The lowest BCUT2D eigenvalue weighted by molar-refractivity contribution is 0.255. The third-order valence-corrected chi connectivity index (χ3v) is 6.29. The van der Waals surface area contributed by atoms with Crippen molar-refractivity contribution in [3.63, 3.8) is 0 Å². The summed E-state index contributed by atoms with van der Waals surface area (Å²) in [5, 5.41) is 15.2. The fourth-order valence-electron chi connectivity index (χ4n) is 4.57. The second kappa shape index (κ2) is 9.35. The summed E-state index contributed by atoms with van der Waals surface area (Å²) in [5.74, 6) is 1.71. The zero-order valence-corrected chi connectivity index (χ0v) is 18.6. The van der Waals surface area contributed by atoms with E-state index in [1.807, 2.05) is 42.5 Å². The summed E-state index contributed by atoms with van der Waals surface area (Å²) >= 11 is 0. The molecule has 5 rings (SSSR count). The van der Waals surface area contributed by atoms with Gasteiger partial charge in [0.1, 0.15) is 11.8 Å². The van der Waals surface area contributed by atoms with Crippen LogP contribution in [0.3, 0.4) is 0 Å². The number of nitriles is 1. The summed E-state index contributed by atoms with van der Waals surface area (Å²) in [7, 11) is 1.68. The molecule has 1 N–H and O–H groups in total. The highest BCUT2D eigenvalue weighted by molar-refractivity contribution is 5.94. The molecule has 3 aromatic carbocycles. The van der Waals surface area contributed by atoms with Gasteiger partial charge in [-0.05, 0) is 60.5 Å². The first kappa shape index (κ1) is 21.0. The van der Waals surface area contributed by atoms with Crippen LogP contribution in [0.2, 0.25) is 0 Å². The lowest BCUT2D eigenvalue weighted by Crippen LogP contribution is -2.31. The van der Waals surface area contributed by atoms with E-state index < -0.39 is 0 Å². The lowest BCUT2D eigenvalue weighted by atomic mass is 10.0. The van der Waals surface area contributed by atoms with Crippen LogP contribution in [-0.4, -0.2) is 36.6 Å². The van der Waals surface area contributed by atoms with Crippen LogP contribution in [0.25, 0.3) is 22.2 Å². The largest absolute Gasteiger partial charge is 0.497 e. The molecule has 6 nitrogen and oxygen atoms in total. The Kier molecular flexibility index (Phi) is 5.97. The van der Waals surface area contributed by atoms with Crippen LogP contribution in [0.1, 0.15) is 30.1 Å². The summed E-state index contributed by atoms with van der Waals surface area (Å²) in [6.45, 7) is 2.73. The number of benzene rings is 3. The first-order chi connectivity index (χ1) is 16.3. The van der Waals surface area contributed by atoms with Gasteiger partial charge in [-0.1, -0.05) is 48.5 Å². The zero-order valence-electron chi connectivity index (χ0n) is 18.6. The molecule has 1 aromatic heterocycles. The Morgan fingerprint density at radius 1 is 1.06 bits per heavy atom. The number of nitrogens with zero attached hydrogens (tertiary/aromatic N) is 3. The van der Waals surface area contributed by atoms with Crippen molar-refractivity contribution in [1.82, 2.24) is 9.88 Å². The number of ether oxygens (including phenoxy) is 1. The van der Waals surface area contributed by atoms with E-state index in [2.05, 4.69) is 45.5 Å². The topological polar surface area (TPSA) is 74.3 Å². The number of methoxy groups -OCH3 is 1. The van der Waals surface area contributed by atoms with Crippen molar-refractivity contribution in [1.29, 1.82) is 5.26 Å². The number of hydrogen-bond acceptors (Lipinski definition) is 6. The minimum atomic E-state index is 0.163. The number of rotatable bonds is 7. The molecular formula is C27H26N4O2. The first-order valence-corrected chi connectivity index (χ1v) is 11.3. The molecule has 1 saturated heterocycles. The van der Waals surface area contributed by atoms with Gasteiger partial charge in [-0.2, -0.15) is 10.2 Å². The van der Waals surface area contributed by atoms with E-state index in [1.54, 1.807) is 7.11 Å². The second-order valence-electron chi connectivity index (χ2n) is 8.25. The van der Waals surface area contributed by atoms with Crippen LogP contribution >= 0.6 is 0 Å². The van der Waals surface area contributed by atoms with Crippen molar-refractivity contribution >= 4 is 16.7 Å². The van der Waals surface area contributed by atoms with Gasteiger partial charge in [0.05, 0.1) is 13.2 Å². The molecule has 0 bridgehead atoms. The average molecular weight is 439 g/mol. The Morgan fingerprint density at radius 2 is 1.82 bits per heavy atom. The molecule has 0 amide bonds. The van der Waals surface area contributed by atoms with Crippen molar-refractivity contribution < 1.29 is 9.15 Å². The lowest BCUT2D eigenvalue weighted by Gasteiger charge is -2.28. The summed E-state index contributed by atoms with van der Waals surface area (Å²) in [4.78, 5) is 6.97. The fraction of sp³-hybridized carbons (Fsp3) is 0.259. The maximum absolute atomic E-state index is 9.71. The molecule has 1 fully saturated rings. The molecule has 6 heteroatoms. The third-order valence-electron chi connectivity index (χ3n) is 6.29. The molecule has 0 radical (unpaired) electrons. The molecular weight excluding hydrogens is 412 g/mol. The molecule has 0 spiro atoms. The molecule has 166 valence electrons. The number of nitrogens with one attached hydrogen (secondary N) is 1. The van der Waals surface area contributed by atoms with E-state index >= 15 is 0 Å². The SMILES string of the molecule is COc1ccc([C@@H](CNc2oc(-c3cccc4ccccc34)nc2C#N)N2CCCC2)cc1. The van der Waals surface area contributed by atoms with Gasteiger partial charge in [-0.25, -0.2) is 0 Å². The van der Waals surface area contributed by atoms with Gasteiger partial charge >= 0.3 is 0 Å². The van der Waals surface area contributed by atoms with Crippen molar-refractivity contribution in [3.8, 4) is 23.3 Å². The van der Waals surface area contributed by atoms with Crippen LogP contribution in [0.15, 0.2) is 71.1 Å². The summed E-state index contributed by atoms with van der Waals surface area (Å²) < 4.78 is 11.4. The third kappa shape index (κ3) is 4.28. The summed E-state index contributed by atoms with van der Waals surface area (Å²) in [6.07, 6.45) is 2.40. The second-order valence-corrected chi connectivity index (χ2v) is 8.25. The molecule has 0 unspecified atom stereocenters. The molecule has 1 atom stereocenters. The van der Waals surface area contributed by atoms with Gasteiger partial charge in [0, 0.05) is 12.1 Å². The summed E-state index contributed by atoms with van der Waals surface area (Å²) in [6, 6.07) is 24.7. The summed E-state index contributed by atoms with van der Waals surface area (Å²) in [5.41, 5.74) is 2.36. The zero-order chi connectivity index (χ0) is 22.6. The minimum absolute atomic E-state index is 0.163. The highest BCUT2D eigenvalue weighted by Gasteiger charge is 2.25. The standard InChI is InChI=1S/C27H26N4O2/c1-32-21-13-11-20(12-14-21)25(31-15-4-5-16-31)18-29-27-24(17-28)30-26(33-27)23-10-6-8-19-7-2-3-9-22(19)23/h2-3,6-14,25,29H,4-5,15-16,18H2,1H3/t25-/m1/s1. The number of hydrogen-bond donors (Lipinski definition) is 1. The normalized spacial score (nSPS) is 14.8. The molecule has 1 aliphatic heterocycles. The smallest absolute Gasteiger partial charge is 0.232 e. The molecule has 33 heavy (non-hydrogen) atoms. The number of likely N-dealkylation sites (tertiary alicyclic amines) is 1. The van der Waals surface area contributed by atoms with Crippen LogP contribution in [0.4, 0.5) is 5.88 Å². The average Bonchev–Trinajstić information content (AvgIpc) is 3.55. The predicted molar refractivity (Wildman–Crippen MR) is 129 cm³/mol. The van der Waals surface area contributed by atoms with Crippen molar-refractivity contribution in [2.24, 2.45) is 0 Å². The van der Waals surface area contributed by atoms with E-state index in [9.17, 15) is 5.26 Å². The maximum atomic E-state index is 9.71. The maximum Gasteiger partial charge on any atom is 0.232 e. The molecule has 4 aromatic rings. The molecule has 0 aliphatic carbocycles. The fourth-order valence-corrected chi connectivity index (χ4v) is 4.57. The Labute approximate surface area is 193 Å². The monoisotopic (exact) mass is 438 g/mol. The van der Waals surface area contributed by atoms with Crippen LogP contribution < -0.4 is 10.1 Å². The van der Waals surface area contributed by atoms with Crippen molar-refractivity contribution in [3.05, 3.63) is 78.0 Å². The Balaban J connectivity index is 1.43. The van der Waals surface area contributed by atoms with E-state index in [1.165, 1.54) is 18.4 Å². The van der Waals surface area contributed by atoms with E-state index in [4.69, 9.17) is 9.15 Å². The number of oxazole rings is 1. The Hall–Kier alpha value is -3.82. The van der Waals surface area contributed by atoms with Crippen molar-refractivity contribution in [2.45, 2.75) is 18.9 Å². The Morgan fingerprint density at radius 3 is 2.58 bits per heavy atom. The van der Waals surface area contributed by atoms with E-state index in [0.29, 0.717) is 18.3 Å². The minimum Gasteiger partial charge on any atom is -0.497 e. The van der Waals surface area contributed by atoms with E-state index in [-0.39, 0.29) is 11.7 Å². The van der Waals surface area contributed by atoms with Gasteiger partial charge in [0.2, 0.25) is 17.5 Å². The molecule has 0 saturated carbocycles. The van der Waals surface area contributed by atoms with Gasteiger partial charge in [0.25, 0.3) is 0 Å². The predicted octanol–water partition coefficient (Wildman–Crippen LogP) is 5.62. The van der Waals surface area contributed by atoms with E-state index in [0.717, 1.165) is 35.2 Å². The van der Waals surface area contributed by atoms with Crippen molar-refractivity contribution in [2.75, 3.05) is 32.1 Å². The van der Waals surface area contributed by atoms with Gasteiger partial charge in [0.15, 0.2) is 0 Å². The van der Waals surface area contributed by atoms with Crippen LogP contribution in [-0.2, 0) is 0 Å². The molecule has 2 heterocycles. The van der Waals surface area contributed by atoms with Gasteiger partial charge in [-0.15, -0.1) is 0 Å². The van der Waals surface area contributed by atoms with Crippen LogP contribution in [0, 0.1) is 11.3 Å². The Bertz CT molecular complexity index is 1280. The number of anilines is 1. The number of fused-ring (bicyclic) bond motifs is 1. The van der Waals surface area contributed by atoms with Gasteiger partial charge in [-0.3, -0.25) is 4.90 Å². The highest BCUT2D eigenvalue weighted by atomic mass is 16.5.